The van der Waals surface area contributed by atoms with Crippen LogP contribution in [0.4, 0.5) is 23.2 Å². The van der Waals surface area contributed by atoms with E-state index in [2.05, 4.69) is 10.0 Å². The Kier molecular flexibility index (Phi) is 8.63. The van der Waals surface area contributed by atoms with E-state index in [1.54, 1.807) is 18.2 Å². The number of sulfonamides is 1. The van der Waals surface area contributed by atoms with Gasteiger partial charge in [0.15, 0.2) is 0 Å². The number of halogens is 4. The molecule has 0 aliphatic rings. The first-order chi connectivity index (χ1) is 17.8. The molecule has 0 aliphatic carbocycles. The third-order valence-electron chi connectivity index (χ3n) is 5.74. The van der Waals surface area contributed by atoms with Gasteiger partial charge in [-0.05, 0) is 60.4 Å². The summed E-state index contributed by atoms with van der Waals surface area (Å²) < 4.78 is 78.8. The monoisotopic (exact) mass is 549 g/mol. The van der Waals surface area contributed by atoms with Crippen LogP contribution >= 0.6 is 0 Å². The predicted octanol–water partition coefficient (Wildman–Crippen LogP) is 4.94. The lowest BCUT2D eigenvalue weighted by Gasteiger charge is -2.20. The number of benzene rings is 3. The van der Waals surface area contributed by atoms with Gasteiger partial charge in [0.05, 0.1) is 34.7 Å². The minimum absolute atomic E-state index is 0.0136. The number of phenols is 1. The Morgan fingerprint density at radius 2 is 1.82 bits per heavy atom. The summed E-state index contributed by atoms with van der Waals surface area (Å²) in [5.74, 6) is -2.29. The molecule has 0 aliphatic heterocycles. The van der Waals surface area contributed by atoms with E-state index in [-0.39, 0.29) is 42.0 Å². The smallest absolute Gasteiger partial charge is 0.416 e. The first kappa shape index (κ1) is 28.5. The van der Waals surface area contributed by atoms with Crippen LogP contribution in [0.1, 0.15) is 45.0 Å². The van der Waals surface area contributed by atoms with Crippen molar-refractivity contribution < 1.29 is 35.9 Å². The predicted molar refractivity (Wildman–Crippen MR) is 133 cm³/mol. The summed E-state index contributed by atoms with van der Waals surface area (Å²) in [5, 5.41) is 22.0. The number of aromatic hydroxyl groups is 1. The van der Waals surface area contributed by atoms with Gasteiger partial charge in [0.25, 0.3) is 5.91 Å². The Bertz CT molecular complexity index is 1480. The molecule has 0 saturated carbocycles. The Morgan fingerprint density at radius 1 is 1.11 bits per heavy atom. The fourth-order valence-electron chi connectivity index (χ4n) is 3.84. The molecule has 0 spiro atoms. The highest BCUT2D eigenvalue weighted by molar-refractivity contribution is 7.92. The van der Waals surface area contributed by atoms with Crippen LogP contribution in [0.2, 0.25) is 0 Å². The quantitative estimate of drug-likeness (QED) is 0.327. The number of hydrogen-bond acceptors (Lipinski definition) is 5. The molecular formula is C26H23F4N3O4S. The minimum atomic E-state index is -4.61. The molecule has 12 heteroatoms. The molecule has 0 bridgehead atoms. The Balaban J connectivity index is 1.87. The van der Waals surface area contributed by atoms with Gasteiger partial charge in [-0.15, -0.1) is 0 Å². The number of nitriles is 1. The summed E-state index contributed by atoms with van der Waals surface area (Å²) in [6.07, 6.45) is -3.42. The molecule has 0 aromatic heterocycles. The van der Waals surface area contributed by atoms with Gasteiger partial charge >= 0.3 is 6.18 Å². The summed E-state index contributed by atoms with van der Waals surface area (Å²) in [6.45, 7) is -0.0476. The maximum atomic E-state index is 14.7. The van der Waals surface area contributed by atoms with Gasteiger partial charge in [-0.25, -0.2) is 12.8 Å². The standard InChI is InChI=1S/C26H23F4N3O4S/c1-38(36,37)33-23-11-9-17(13-22(23)27)18(15-32-25(35)21-4-2-3-5-24(21)34)7-6-16-8-10-20(26(28,29)30)12-19(16)14-31/h2-5,8-13,18,33-34H,6-7,15H2,1H3,(H,32,35). The lowest BCUT2D eigenvalue weighted by molar-refractivity contribution is -0.137. The highest BCUT2D eigenvalue weighted by Crippen LogP contribution is 2.32. The number of anilines is 1. The van der Waals surface area contributed by atoms with Crippen molar-refractivity contribution >= 4 is 21.6 Å². The van der Waals surface area contributed by atoms with Crippen LogP contribution in [0.25, 0.3) is 0 Å². The van der Waals surface area contributed by atoms with E-state index in [1.807, 2.05) is 0 Å². The number of carbonyl (C=O) groups excluding carboxylic acids is 1. The number of hydrogen-bond donors (Lipinski definition) is 3. The summed E-state index contributed by atoms with van der Waals surface area (Å²) in [5.41, 5.74) is -0.656. The zero-order valence-electron chi connectivity index (χ0n) is 20.0. The molecule has 3 N–H and O–H groups in total. The molecule has 38 heavy (non-hydrogen) atoms. The van der Waals surface area contributed by atoms with Gasteiger partial charge in [-0.1, -0.05) is 24.3 Å². The van der Waals surface area contributed by atoms with Gasteiger partial charge in [-0.3, -0.25) is 9.52 Å². The second kappa shape index (κ2) is 11.5. The molecule has 1 unspecified atom stereocenters. The summed E-state index contributed by atoms with van der Waals surface area (Å²) in [6, 6.07) is 14.2. The van der Waals surface area contributed by atoms with Crippen LogP contribution in [0, 0.1) is 17.1 Å². The van der Waals surface area contributed by atoms with E-state index >= 15 is 0 Å². The highest BCUT2D eigenvalue weighted by Gasteiger charge is 2.31. The van der Waals surface area contributed by atoms with Crippen LogP contribution < -0.4 is 10.0 Å². The van der Waals surface area contributed by atoms with Crippen LogP contribution in [0.3, 0.4) is 0 Å². The molecule has 7 nitrogen and oxygen atoms in total. The van der Waals surface area contributed by atoms with Crippen molar-refractivity contribution in [2.45, 2.75) is 24.9 Å². The van der Waals surface area contributed by atoms with Gasteiger partial charge in [0.1, 0.15) is 11.6 Å². The summed E-state index contributed by atoms with van der Waals surface area (Å²) >= 11 is 0. The highest BCUT2D eigenvalue weighted by atomic mass is 32.2. The Labute approximate surface area is 216 Å². The maximum Gasteiger partial charge on any atom is 0.416 e. The zero-order chi connectivity index (χ0) is 28.1. The molecule has 0 radical (unpaired) electrons. The number of nitrogens with one attached hydrogen (secondary N) is 2. The van der Waals surface area contributed by atoms with Gasteiger partial charge in [0.2, 0.25) is 10.0 Å². The zero-order valence-corrected chi connectivity index (χ0v) is 20.8. The molecule has 3 aromatic rings. The summed E-state index contributed by atoms with van der Waals surface area (Å²) in [4.78, 5) is 12.6. The van der Waals surface area contributed by atoms with Crippen molar-refractivity contribution in [3.05, 3.63) is 94.3 Å². The second-order valence-electron chi connectivity index (χ2n) is 8.56. The largest absolute Gasteiger partial charge is 0.507 e. The fraction of sp³-hybridized carbons (Fsp3) is 0.231. The molecule has 200 valence electrons. The second-order valence-corrected chi connectivity index (χ2v) is 10.3. The van der Waals surface area contributed by atoms with Crippen LogP contribution in [-0.2, 0) is 22.6 Å². The summed E-state index contributed by atoms with van der Waals surface area (Å²) in [7, 11) is -3.74. The maximum absolute atomic E-state index is 14.7. The third-order valence-corrected chi connectivity index (χ3v) is 6.33. The van der Waals surface area contributed by atoms with Gasteiger partial charge < -0.3 is 10.4 Å². The number of amides is 1. The molecular weight excluding hydrogens is 526 g/mol. The van der Waals surface area contributed by atoms with E-state index in [9.17, 15) is 41.1 Å². The van der Waals surface area contributed by atoms with E-state index in [4.69, 9.17) is 0 Å². The van der Waals surface area contributed by atoms with Crippen molar-refractivity contribution in [3.8, 4) is 11.8 Å². The first-order valence-electron chi connectivity index (χ1n) is 11.2. The van der Waals surface area contributed by atoms with E-state index in [1.165, 1.54) is 30.3 Å². The minimum Gasteiger partial charge on any atom is -0.507 e. The Hall–Kier alpha value is -4.11. The number of nitrogens with zero attached hydrogens (tertiary/aromatic N) is 1. The molecule has 1 amide bonds. The van der Waals surface area contributed by atoms with E-state index in [0.717, 1.165) is 24.5 Å². The topological polar surface area (TPSA) is 119 Å². The van der Waals surface area contributed by atoms with Crippen LogP contribution in [0.5, 0.6) is 5.75 Å². The van der Waals surface area contributed by atoms with Crippen LogP contribution in [-0.4, -0.2) is 32.2 Å². The van der Waals surface area contributed by atoms with Crippen molar-refractivity contribution in [1.82, 2.24) is 5.32 Å². The normalized spacial score (nSPS) is 12.4. The van der Waals surface area contributed by atoms with Gasteiger partial charge in [-0.2, -0.15) is 18.4 Å². The van der Waals surface area contributed by atoms with Gasteiger partial charge in [0, 0.05) is 12.5 Å². The number of para-hydroxylation sites is 1. The van der Waals surface area contributed by atoms with Crippen molar-refractivity contribution in [2.24, 2.45) is 0 Å². The number of alkyl halides is 3. The van der Waals surface area contributed by atoms with Crippen molar-refractivity contribution in [3.63, 3.8) is 0 Å². The average Bonchev–Trinajstić information content (AvgIpc) is 2.84. The lowest BCUT2D eigenvalue weighted by atomic mass is 9.90. The SMILES string of the molecule is CS(=O)(=O)Nc1ccc(C(CCc2ccc(C(F)(F)F)cc2C#N)CNC(=O)c2ccccc2O)cc1F. The molecule has 3 rings (SSSR count). The lowest BCUT2D eigenvalue weighted by Crippen LogP contribution is -2.29. The number of phenolic OH excluding ortho intramolecular Hbond substituents is 1. The van der Waals surface area contributed by atoms with Crippen molar-refractivity contribution in [2.75, 3.05) is 17.5 Å². The number of rotatable bonds is 9. The van der Waals surface area contributed by atoms with E-state index < -0.39 is 39.4 Å². The number of aryl methyl sites for hydroxylation is 1. The molecule has 0 heterocycles. The van der Waals surface area contributed by atoms with E-state index in [0.29, 0.717) is 11.1 Å². The first-order valence-corrected chi connectivity index (χ1v) is 13.1. The average molecular weight is 550 g/mol. The molecule has 3 aromatic carbocycles. The molecule has 1 atom stereocenters. The number of carbonyl (C=O) groups is 1. The molecule has 0 fully saturated rings. The Morgan fingerprint density at radius 3 is 2.42 bits per heavy atom. The molecule has 0 saturated heterocycles. The van der Waals surface area contributed by atoms with Crippen LogP contribution in [0.15, 0.2) is 60.7 Å². The fourth-order valence-corrected chi connectivity index (χ4v) is 4.40. The van der Waals surface area contributed by atoms with Crippen molar-refractivity contribution in [1.29, 1.82) is 5.26 Å². The third kappa shape index (κ3) is 7.45.